The van der Waals surface area contributed by atoms with Gasteiger partial charge in [0.25, 0.3) is 0 Å². The molecule has 1 rings (SSSR count). The number of benzene rings is 1. The molecule has 0 unspecified atom stereocenters. The van der Waals surface area contributed by atoms with E-state index in [1.54, 1.807) is 31.3 Å². The fraction of sp³-hybridized carbons (Fsp3) is 0.200. The smallest absolute Gasteiger partial charge is 0.187 e. The number of rotatable bonds is 2. The Labute approximate surface area is 94.0 Å². The molecule has 1 aromatic rings. The number of carbonyl (C=O) groups is 1. The quantitative estimate of drug-likeness (QED) is 0.343. The molecular formula is C10H13N3OS. The van der Waals surface area contributed by atoms with E-state index in [1.807, 2.05) is 0 Å². The van der Waals surface area contributed by atoms with Crippen LogP contribution < -0.4 is 11.2 Å². The van der Waals surface area contributed by atoms with Crippen molar-refractivity contribution in [3.63, 3.8) is 0 Å². The third kappa shape index (κ3) is 3.30. The van der Waals surface area contributed by atoms with E-state index in [0.29, 0.717) is 10.7 Å². The molecule has 0 bridgehead atoms. The average molecular weight is 223 g/mol. The number of hydrogen-bond acceptors (Lipinski definition) is 3. The van der Waals surface area contributed by atoms with Crippen molar-refractivity contribution in [2.75, 3.05) is 12.4 Å². The second kappa shape index (κ2) is 4.86. The first-order chi connectivity index (χ1) is 7.00. The van der Waals surface area contributed by atoms with Gasteiger partial charge in [0.05, 0.1) is 0 Å². The van der Waals surface area contributed by atoms with Crippen molar-refractivity contribution in [2.24, 2.45) is 5.84 Å². The van der Waals surface area contributed by atoms with Gasteiger partial charge >= 0.3 is 0 Å². The molecule has 0 atom stereocenters. The highest BCUT2D eigenvalue weighted by Crippen LogP contribution is 2.10. The highest BCUT2D eigenvalue weighted by atomic mass is 32.1. The minimum atomic E-state index is 0.0417. The summed E-state index contributed by atoms with van der Waals surface area (Å²) in [5, 5.41) is 4.66. The molecule has 0 spiro atoms. The number of Topliss-reactive ketones (excluding diaryl/α,β-unsaturated/α-hetero) is 1. The molecule has 4 nitrogen and oxygen atoms in total. The Balaban J connectivity index is 2.73. The van der Waals surface area contributed by atoms with Crippen molar-refractivity contribution in [3.8, 4) is 0 Å². The summed E-state index contributed by atoms with van der Waals surface area (Å²) in [6.45, 7) is 1.53. The van der Waals surface area contributed by atoms with Crippen LogP contribution in [0.2, 0.25) is 0 Å². The van der Waals surface area contributed by atoms with Gasteiger partial charge in [0.2, 0.25) is 0 Å². The monoisotopic (exact) mass is 223 g/mol. The van der Waals surface area contributed by atoms with Crippen molar-refractivity contribution in [2.45, 2.75) is 6.92 Å². The summed E-state index contributed by atoms with van der Waals surface area (Å²) in [6.07, 6.45) is 0. The van der Waals surface area contributed by atoms with Gasteiger partial charge in [-0.05, 0) is 43.4 Å². The van der Waals surface area contributed by atoms with Gasteiger partial charge in [-0.2, -0.15) is 0 Å². The predicted octanol–water partition coefficient (Wildman–Crippen LogP) is 1.39. The number of hydrazine groups is 1. The first-order valence-electron chi connectivity index (χ1n) is 4.41. The lowest BCUT2D eigenvalue weighted by atomic mass is 10.1. The SMILES string of the molecule is CC(=O)c1ccc(NC(=S)N(C)N)cc1. The number of nitrogens with two attached hydrogens (primary N) is 1. The van der Waals surface area contributed by atoms with E-state index in [-0.39, 0.29) is 5.78 Å². The summed E-state index contributed by atoms with van der Waals surface area (Å²) in [5.41, 5.74) is 1.48. The first-order valence-corrected chi connectivity index (χ1v) is 4.82. The topological polar surface area (TPSA) is 58.4 Å². The molecular weight excluding hydrogens is 210 g/mol. The van der Waals surface area contributed by atoms with Crippen molar-refractivity contribution in [1.82, 2.24) is 5.01 Å². The molecule has 0 aliphatic rings. The highest BCUT2D eigenvalue weighted by Gasteiger charge is 2.01. The van der Waals surface area contributed by atoms with Crippen LogP contribution in [0.1, 0.15) is 17.3 Å². The third-order valence-electron chi connectivity index (χ3n) is 1.86. The molecule has 0 radical (unpaired) electrons. The fourth-order valence-corrected chi connectivity index (χ4v) is 1.12. The Bertz CT molecular complexity index is 373. The number of anilines is 1. The summed E-state index contributed by atoms with van der Waals surface area (Å²) in [6, 6.07) is 7.05. The van der Waals surface area contributed by atoms with E-state index in [4.69, 9.17) is 18.1 Å². The molecule has 0 saturated carbocycles. The number of nitrogens with zero attached hydrogens (tertiary/aromatic N) is 1. The predicted molar refractivity (Wildman–Crippen MR) is 64.6 cm³/mol. The van der Waals surface area contributed by atoms with E-state index in [0.717, 1.165) is 5.69 Å². The maximum Gasteiger partial charge on any atom is 0.187 e. The Morgan fingerprint density at radius 3 is 2.33 bits per heavy atom. The van der Waals surface area contributed by atoms with Crippen LogP contribution >= 0.6 is 12.2 Å². The number of ketones is 1. The molecule has 5 heteroatoms. The van der Waals surface area contributed by atoms with Crippen molar-refractivity contribution in [1.29, 1.82) is 0 Å². The second-order valence-corrected chi connectivity index (χ2v) is 3.56. The van der Waals surface area contributed by atoms with Gasteiger partial charge in [-0.1, -0.05) is 0 Å². The van der Waals surface area contributed by atoms with Gasteiger partial charge in [-0.15, -0.1) is 0 Å². The molecule has 0 saturated heterocycles. The lowest BCUT2D eigenvalue weighted by Gasteiger charge is -2.14. The zero-order valence-corrected chi connectivity index (χ0v) is 9.47. The van der Waals surface area contributed by atoms with Crippen LogP contribution in [0.4, 0.5) is 5.69 Å². The minimum Gasteiger partial charge on any atom is -0.332 e. The molecule has 15 heavy (non-hydrogen) atoms. The van der Waals surface area contributed by atoms with Crippen molar-refractivity contribution < 1.29 is 4.79 Å². The molecule has 80 valence electrons. The van der Waals surface area contributed by atoms with Crippen molar-refractivity contribution in [3.05, 3.63) is 29.8 Å². The summed E-state index contributed by atoms with van der Waals surface area (Å²) in [7, 11) is 1.65. The standard InChI is InChI=1S/C10H13N3OS/c1-7(14)8-3-5-9(6-4-8)12-10(15)13(2)11/h3-6H,11H2,1-2H3,(H,12,15). The van der Waals surface area contributed by atoms with Gasteiger partial charge in [0.15, 0.2) is 10.9 Å². The third-order valence-corrected chi connectivity index (χ3v) is 2.25. The maximum absolute atomic E-state index is 11.0. The van der Waals surface area contributed by atoms with Crippen LogP contribution in [0.5, 0.6) is 0 Å². The number of nitrogens with one attached hydrogen (secondary N) is 1. The summed E-state index contributed by atoms with van der Waals surface area (Å²) < 4.78 is 0. The van der Waals surface area contributed by atoms with Gasteiger partial charge in [0.1, 0.15) is 0 Å². The largest absolute Gasteiger partial charge is 0.332 e. The van der Waals surface area contributed by atoms with Gasteiger partial charge in [-0.3, -0.25) is 9.80 Å². The molecule has 0 amide bonds. The van der Waals surface area contributed by atoms with E-state index in [1.165, 1.54) is 11.9 Å². The number of carbonyl (C=O) groups excluding carboxylic acids is 1. The first kappa shape index (κ1) is 11.6. The maximum atomic E-state index is 11.0. The van der Waals surface area contributed by atoms with E-state index >= 15 is 0 Å². The van der Waals surface area contributed by atoms with Crippen LogP contribution in [-0.4, -0.2) is 23.0 Å². The molecule has 0 heterocycles. The summed E-state index contributed by atoms with van der Waals surface area (Å²) in [5.74, 6) is 5.48. The van der Waals surface area contributed by atoms with E-state index in [9.17, 15) is 4.79 Å². The summed E-state index contributed by atoms with van der Waals surface area (Å²) in [4.78, 5) is 11.0. The Kier molecular flexibility index (Phi) is 3.76. The van der Waals surface area contributed by atoms with Crippen LogP contribution in [-0.2, 0) is 0 Å². The average Bonchev–Trinajstić information content (AvgIpc) is 2.18. The van der Waals surface area contributed by atoms with Crippen molar-refractivity contribution >= 4 is 28.8 Å². The summed E-state index contributed by atoms with van der Waals surface area (Å²) >= 11 is 4.97. The second-order valence-electron chi connectivity index (χ2n) is 3.17. The molecule has 0 aliphatic heterocycles. The van der Waals surface area contributed by atoms with Crippen LogP contribution in [0.25, 0.3) is 0 Å². The van der Waals surface area contributed by atoms with E-state index in [2.05, 4.69) is 5.32 Å². The zero-order chi connectivity index (χ0) is 11.4. The normalized spacial score (nSPS) is 9.53. The molecule has 1 aromatic carbocycles. The lowest BCUT2D eigenvalue weighted by molar-refractivity contribution is 0.101. The number of thiocarbonyl (C=S) groups is 1. The lowest BCUT2D eigenvalue weighted by Crippen LogP contribution is -2.36. The van der Waals surface area contributed by atoms with E-state index < -0.39 is 0 Å². The van der Waals surface area contributed by atoms with Gasteiger partial charge in [0, 0.05) is 18.3 Å². The number of hydrogen-bond donors (Lipinski definition) is 2. The zero-order valence-electron chi connectivity index (χ0n) is 8.65. The van der Waals surface area contributed by atoms with Crippen LogP contribution in [0, 0.1) is 0 Å². The Morgan fingerprint density at radius 2 is 1.93 bits per heavy atom. The molecule has 3 N–H and O–H groups in total. The van der Waals surface area contributed by atoms with Gasteiger partial charge in [-0.25, -0.2) is 5.84 Å². The highest BCUT2D eigenvalue weighted by molar-refractivity contribution is 7.80. The Hall–Kier alpha value is -1.46. The minimum absolute atomic E-state index is 0.0417. The molecule has 0 aromatic heterocycles. The fourth-order valence-electron chi connectivity index (χ4n) is 1.000. The molecule has 0 fully saturated rings. The van der Waals surface area contributed by atoms with Crippen LogP contribution in [0.15, 0.2) is 24.3 Å². The molecule has 0 aliphatic carbocycles. The Morgan fingerprint density at radius 1 is 1.40 bits per heavy atom. The van der Waals surface area contributed by atoms with Crippen LogP contribution in [0.3, 0.4) is 0 Å². The van der Waals surface area contributed by atoms with Gasteiger partial charge < -0.3 is 5.32 Å².